The van der Waals surface area contributed by atoms with E-state index < -0.39 is 0 Å². The van der Waals surface area contributed by atoms with E-state index in [0.717, 1.165) is 12.2 Å². The van der Waals surface area contributed by atoms with Gasteiger partial charge < -0.3 is 5.32 Å². The highest BCUT2D eigenvalue weighted by atomic mass is 32.1. The molecule has 1 N–H and O–H groups in total. The topological polar surface area (TPSA) is 45.2 Å². The lowest BCUT2D eigenvalue weighted by Crippen LogP contribution is -2.24. The molecule has 1 aromatic heterocycles. The quantitative estimate of drug-likeness (QED) is 0.809. The van der Waals surface area contributed by atoms with Gasteiger partial charge in [0.1, 0.15) is 0 Å². The van der Waals surface area contributed by atoms with Crippen molar-refractivity contribution < 1.29 is 4.79 Å². The molecule has 0 aromatic carbocycles. The third-order valence-electron chi connectivity index (χ3n) is 3.36. The van der Waals surface area contributed by atoms with E-state index in [9.17, 15) is 4.79 Å². The second-order valence-electron chi connectivity index (χ2n) is 4.66. The maximum Gasteiger partial charge on any atom is 0.230 e. The zero-order chi connectivity index (χ0) is 13.0. The Hall–Kier alpha value is -1.07. The minimum atomic E-state index is -0.0697. The fourth-order valence-electron chi connectivity index (χ4n) is 2.31. The molecule has 1 fully saturated rings. The van der Waals surface area contributed by atoms with Gasteiger partial charge in [-0.3, -0.25) is 14.7 Å². The molecule has 1 atom stereocenters. The van der Waals surface area contributed by atoms with Crippen molar-refractivity contribution in [1.82, 2.24) is 15.2 Å². The van der Waals surface area contributed by atoms with Crippen molar-refractivity contribution in [3.8, 4) is 0 Å². The van der Waals surface area contributed by atoms with Crippen LogP contribution in [0.25, 0.3) is 0 Å². The van der Waals surface area contributed by atoms with Crippen LogP contribution in [-0.4, -0.2) is 35.1 Å². The number of amides is 1. The molecule has 0 aliphatic carbocycles. The predicted octanol–water partition coefficient (Wildman–Crippen LogP) is 1.39. The first kappa shape index (κ1) is 13.4. The summed E-state index contributed by atoms with van der Waals surface area (Å²) in [5.41, 5.74) is 2.15. The Balaban J connectivity index is 1.95. The first-order chi connectivity index (χ1) is 8.70. The van der Waals surface area contributed by atoms with Gasteiger partial charge in [0.2, 0.25) is 5.91 Å². The predicted molar refractivity (Wildman–Crippen MR) is 74.5 cm³/mol. The van der Waals surface area contributed by atoms with Gasteiger partial charge in [-0.05, 0) is 38.1 Å². The molecular formula is C13H19N3OS. The molecule has 1 aliphatic heterocycles. The summed E-state index contributed by atoms with van der Waals surface area (Å²) in [6, 6.07) is 4.60. The van der Waals surface area contributed by atoms with E-state index in [1.54, 1.807) is 0 Å². The molecule has 0 radical (unpaired) electrons. The molecule has 1 aliphatic rings. The number of nitrogens with zero attached hydrogens (tertiary/aromatic N) is 2. The molecule has 0 spiro atoms. The lowest BCUT2D eigenvalue weighted by Gasteiger charge is -2.19. The van der Waals surface area contributed by atoms with Gasteiger partial charge in [0.05, 0.1) is 18.0 Å². The van der Waals surface area contributed by atoms with E-state index in [1.165, 1.54) is 18.4 Å². The highest BCUT2D eigenvalue weighted by Gasteiger charge is 2.22. The van der Waals surface area contributed by atoms with Gasteiger partial charge in [0.15, 0.2) is 0 Å². The molecule has 1 unspecified atom stereocenters. The number of rotatable bonds is 4. The number of aromatic nitrogens is 1. The van der Waals surface area contributed by atoms with Crippen LogP contribution >= 0.6 is 12.6 Å². The highest BCUT2D eigenvalue weighted by molar-refractivity contribution is 7.81. The molecule has 1 aromatic rings. The molecular weight excluding hydrogens is 246 g/mol. The molecule has 2 heterocycles. The average Bonchev–Trinajstić information content (AvgIpc) is 2.83. The first-order valence-electron chi connectivity index (χ1n) is 6.23. The van der Waals surface area contributed by atoms with Crippen LogP contribution in [0, 0.1) is 0 Å². The highest BCUT2D eigenvalue weighted by Crippen LogP contribution is 2.29. The second-order valence-corrected chi connectivity index (χ2v) is 4.97. The van der Waals surface area contributed by atoms with Crippen molar-refractivity contribution in [1.29, 1.82) is 0 Å². The molecule has 18 heavy (non-hydrogen) atoms. The maximum absolute atomic E-state index is 11.1. The number of pyridine rings is 1. The Morgan fingerprint density at radius 3 is 3.00 bits per heavy atom. The number of thiol groups is 1. The molecule has 5 heteroatoms. The van der Waals surface area contributed by atoms with Gasteiger partial charge in [-0.15, -0.1) is 0 Å². The van der Waals surface area contributed by atoms with Gasteiger partial charge in [0.25, 0.3) is 0 Å². The van der Waals surface area contributed by atoms with Gasteiger partial charge in [-0.25, -0.2) is 0 Å². The molecule has 4 nitrogen and oxygen atoms in total. The third kappa shape index (κ3) is 3.23. The van der Waals surface area contributed by atoms with E-state index in [2.05, 4.69) is 40.9 Å². The van der Waals surface area contributed by atoms with Crippen LogP contribution < -0.4 is 5.32 Å². The largest absolute Gasteiger partial charge is 0.350 e. The Labute approximate surface area is 113 Å². The summed E-state index contributed by atoms with van der Waals surface area (Å²) in [5, 5.41) is 2.76. The average molecular weight is 265 g/mol. The Kier molecular flexibility index (Phi) is 4.60. The Morgan fingerprint density at radius 1 is 1.61 bits per heavy atom. The first-order valence-corrected chi connectivity index (χ1v) is 6.86. The zero-order valence-electron chi connectivity index (χ0n) is 10.6. The molecule has 2 rings (SSSR count). The molecule has 1 saturated heterocycles. The Bertz CT molecular complexity index is 407. The fourth-order valence-corrected chi connectivity index (χ4v) is 2.43. The van der Waals surface area contributed by atoms with Crippen LogP contribution in [0.2, 0.25) is 0 Å². The van der Waals surface area contributed by atoms with Crippen molar-refractivity contribution in [2.24, 2.45) is 0 Å². The van der Waals surface area contributed by atoms with Gasteiger partial charge in [-0.1, -0.05) is 6.07 Å². The van der Waals surface area contributed by atoms with E-state index in [1.807, 2.05) is 12.3 Å². The maximum atomic E-state index is 11.1. The van der Waals surface area contributed by atoms with Crippen LogP contribution in [0.1, 0.15) is 30.1 Å². The van der Waals surface area contributed by atoms with Crippen molar-refractivity contribution in [3.63, 3.8) is 0 Å². The fraction of sp³-hybridized carbons (Fsp3) is 0.538. The van der Waals surface area contributed by atoms with Crippen LogP contribution in [-0.2, 0) is 11.3 Å². The molecule has 0 saturated carbocycles. The smallest absolute Gasteiger partial charge is 0.230 e. The normalized spacial score (nSPS) is 20.0. The van der Waals surface area contributed by atoms with Crippen LogP contribution in [0.15, 0.2) is 18.3 Å². The minimum Gasteiger partial charge on any atom is -0.350 e. The van der Waals surface area contributed by atoms with E-state index >= 15 is 0 Å². The van der Waals surface area contributed by atoms with E-state index in [0.29, 0.717) is 12.6 Å². The summed E-state index contributed by atoms with van der Waals surface area (Å²) in [4.78, 5) is 17.8. The monoisotopic (exact) mass is 265 g/mol. The Morgan fingerprint density at radius 2 is 2.44 bits per heavy atom. The summed E-state index contributed by atoms with van der Waals surface area (Å²) >= 11 is 3.91. The molecule has 0 bridgehead atoms. The van der Waals surface area contributed by atoms with E-state index in [-0.39, 0.29) is 11.7 Å². The molecule has 98 valence electrons. The van der Waals surface area contributed by atoms with Gasteiger partial charge in [0, 0.05) is 12.2 Å². The van der Waals surface area contributed by atoms with Crippen LogP contribution in [0.3, 0.4) is 0 Å². The zero-order valence-corrected chi connectivity index (χ0v) is 11.5. The van der Waals surface area contributed by atoms with Crippen LogP contribution in [0.5, 0.6) is 0 Å². The standard InChI is InChI=1S/C13H19N3OS/c1-16-6-2-3-12(16)10-4-5-11(14-7-10)8-15-13(17)9-18/h4-5,7,12,18H,2-3,6,8-9H2,1H3,(H,15,17). The van der Waals surface area contributed by atoms with Gasteiger partial charge in [-0.2, -0.15) is 12.6 Å². The third-order valence-corrected chi connectivity index (χ3v) is 3.65. The summed E-state index contributed by atoms with van der Waals surface area (Å²) in [5.74, 6) is 0.144. The number of hydrogen-bond acceptors (Lipinski definition) is 4. The van der Waals surface area contributed by atoms with Crippen molar-refractivity contribution >= 4 is 18.5 Å². The number of nitrogens with one attached hydrogen (secondary N) is 1. The lowest BCUT2D eigenvalue weighted by molar-refractivity contribution is -0.118. The summed E-state index contributed by atoms with van der Waals surface area (Å²) in [7, 11) is 2.15. The summed E-state index contributed by atoms with van der Waals surface area (Å²) in [6.45, 7) is 1.63. The second kappa shape index (κ2) is 6.20. The lowest BCUT2D eigenvalue weighted by atomic mass is 10.1. The van der Waals surface area contributed by atoms with Crippen LogP contribution in [0.4, 0.5) is 0 Å². The van der Waals surface area contributed by atoms with Crippen molar-refractivity contribution in [2.45, 2.75) is 25.4 Å². The summed E-state index contributed by atoms with van der Waals surface area (Å²) < 4.78 is 0. The SMILES string of the molecule is CN1CCCC1c1ccc(CNC(=O)CS)nc1. The summed E-state index contributed by atoms with van der Waals surface area (Å²) in [6.07, 6.45) is 4.38. The minimum absolute atomic E-state index is 0.0697. The van der Waals surface area contributed by atoms with Gasteiger partial charge >= 0.3 is 0 Å². The number of likely N-dealkylation sites (tertiary alicyclic amines) is 1. The number of hydrogen-bond donors (Lipinski definition) is 2. The number of carbonyl (C=O) groups is 1. The number of carbonyl (C=O) groups excluding carboxylic acids is 1. The molecule has 1 amide bonds. The van der Waals surface area contributed by atoms with Crippen molar-refractivity contribution in [2.75, 3.05) is 19.3 Å². The van der Waals surface area contributed by atoms with E-state index in [4.69, 9.17) is 0 Å². The van der Waals surface area contributed by atoms with Crippen molar-refractivity contribution in [3.05, 3.63) is 29.6 Å².